The van der Waals surface area contributed by atoms with Crippen molar-refractivity contribution in [3.63, 3.8) is 0 Å². The summed E-state index contributed by atoms with van der Waals surface area (Å²) in [5.41, 5.74) is -2.01. The van der Waals surface area contributed by atoms with Gasteiger partial charge in [0.1, 0.15) is 11.5 Å². The average molecular weight is 599 g/mol. The average Bonchev–Trinajstić information content (AvgIpc) is 3.52. The SMILES string of the molecule is O=C(Nc1ccn(Cc2ccc(Cl)c(Cl)c2)n1)c1cc2nc(-c3ccc(F)cc3)cc(C(F)(F)C(F)(F)F)n2n1. The van der Waals surface area contributed by atoms with Gasteiger partial charge in [0.25, 0.3) is 5.91 Å². The van der Waals surface area contributed by atoms with Gasteiger partial charge in [0, 0.05) is 23.9 Å². The Bertz CT molecular complexity index is 1730. The lowest BCUT2D eigenvalue weighted by molar-refractivity contribution is -0.291. The second kappa shape index (κ2) is 10.1. The molecular weight excluding hydrogens is 585 g/mol. The van der Waals surface area contributed by atoms with E-state index < -0.39 is 40.9 Å². The number of nitrogens with zero attached hydrogens (tertiary/aromatic N) is 5. The van der Waals surface area contributed by atoms with Crippen LogP contribution in [0, 0.1) is 5.82 Å². The number of aromatic nitrogens is 5. The van der Waals surface area contributed by atoms with Crippen molar-refractivity contribution in [1.29, 1.82) is 0 Å². The van der Waals surface area contributed by atoms with Gasteiger partial charge in [-0.25, -0.2) is 13.9 Å². The zero-order valence-corrected chi connectivity index (χ0v) is 21.2. The van der Waals surface area contributed by atoms with E-state index in [2.05, 4.69) is 20.5 Å². The van der Waals surface area contributed by atoms with Crippen LogP contribution in [0.15, 0.2) is 66.9 Å². The number of fused-ring (bicyclic) bond motifs is 1. The monoisotopic (exact) mass is 598 g/mol. The smallest absolute Gasteiger partial charge is 0.304 e. The molecule has 0 spiro atoms. The first kappa shape index (κ1) is 27.5. The highest BCUT2D eigenvalue weighted by Crippen LogP contribution is 2.44. The molecule has 1 N–H and O–H groups in total. The summed E-state index contributed by atoms with van der Waals surface area (Å²) in [6, 6.07) is 12.2. The molecule has 5 aromatic rings. The van der Waals surface area contributed by atoms with Gasteiger partial charge in [-0.05, 0) is 48.0 Å². The minimum Gasteiger partial charge on any atom is -0.304 e. The largest absolute Gasteiger partial charge is 0.459 e. The van der Waals surface area contributed by atoms with Crippen LogP contribution in [0.2, 0.25) is 10.0 Å². The second-order valence-corrected chi connectivity index (χ2v) is 9.32. The third-order valence-corrected chi connectivity index (χ3v) is 6.43. The highest BCUT2D eigenvalue weighted by molar-refractivity contribution is 6.42. The molecule has 0 aliphatic rings. The van der Waals surface area contributed by atoms with Gasteiger partial charge in [0.15, 0.2) is 17.2 Å². The second-order valence-electron chi connectivity index (χ2n) is 8.51. The molecule has 0 radical (unpaired) electrons. The Balaban J connectivity index is 1.46. The van der Waals surface area contributed by atoms with Gasteiger partial charge < -0.3 is 5.32 Å². The molecule has 0 bridgehead atoms. The number of hydrogen-bond donors (Lipinski definition) is 1. The highest BCUT2D eigenvalue weighted by Gasteiger charge is 2.60. The molecule has 40 heavy (non-hydrogen) atoms. The van der Waals surface area contributed by atoms with Crippen LogP contribution in [-0.2, 0) is 12.5 Å². The Kier molecular flexibility index (Phi) is 6.96. The van der Waals surface area contributed by atoms with Crippen molar-refractivity contribution in [2.24, 2.45) is 0 Å². The molecule has 2 aromatic carbocycles. The molecule has 5 rings (SSSR count). The summed E-state index contributed by atoms with van der Waals surface area (Å²) in [6.45, 7) is 0.271. The fourth-order valence-corrected chi connectivity index (χ4v) is 4.07. The summed E-state index contributed by atoms with van der Waals surface area (Å²) < 4.78 is 84.1. The molecule has 206 valence electrons. The molecular formula is C25H14Cl2F6N6O. The molecule has 3 heterocycles. The van der Waals surface area contributed by atoms with Crippen molar-refractivity contribution in [3.8, 4) is 11.3 Å². The minimum absolute atomic E-state index is 0.0583. The molecule has 0 aliphatic carbocycles. The predicted octanol–water partition coefficient (Wildman–Crippen LogP) is 6.99. The van der Waals surface area contributed by atoms with Crippen LogP contribution in [0.1, 0.15) is 21.7 Å². The van der Waals surface area contributed by atoms with E-state index in [1.165, 1.54) is 22.9 Å². The van der Waals surface area contributed by atoms with E-state index >= 15 is 0 Å². The molecule has 0 saturated carbocycles. The Labute approximate surface area is 231 Å². The van der Waals surface area contributed by atoms with Crippen molar-refractivity contribution in [2.45, 2.75) is 18.6 Å². The van der Waals surface area contributed by atoms with Gasteiger partial charge in [0.05, 0.1) is 22.3 Å². The van der Waals surface area contributed by atoms with E-state index in [1.54, 1.807) is 24.4 Å². The predicted molar refractivity (Wildman–Crippen MR) is 134 cm³/mol. The Hall–Kier alpha value is -4.10. The third-order valence-electron chi connectivity index (χ3n) is 5.69. The van der Waals surface area contributed by atoms with Crippen LogP contribution in [0.3, 0.4) is 0 Å². The lowest BCUT2D eigenvalue weighted by Gasteiger charge is -2.21. The van der Waals surface area contributed by atoms with Crippen LogP contribution in [0.5, 0.6) is 0 Å². The number of hydrogen-bond acceptors (Lipinski definition) is 4. The molecule has 0 atom stereocenters. The number of alkyl halides is 5. The summed E-state index contributed by atoms with van der Waals surface area (Å²) in [5.74, 6) is -6.88. The van der Waals surface area contributed by atoms with Crippen molar-refractivity contribution in [2.75, 3.05) is 5.32 Å². The van der Waals surface area contributed by atoms with Crippen molar-refractivity contribution >= 4 is 40.6 Å². The van der Waals surface area contributed by atoms with Gasteiger partial charge in [-0.3, -0.25) is 9.48 Å². The minimum atomic E-state index is -5.98. The van der Waals surface area contributed by atoms with Gasteiger partial charge >= 0.3 is 12.1 Å². The van der Waals surface area contributed by atoms with Crippen LogP contribution >= 0.6 is 23.2 Å². The fourth-order valence-electron chi connectivity index (χ4n) is 3.74. The van der Waals surface area contributed by atoms with E-state index in [0.29, 0.717) is 16.1 Å². The third kappa shape index (κ3) is 5.34. The van der Waals surface area contributed by atoms with Crippen LogP contribution in [0.4, 0.5) is 32.2 Å². The van der Waals surface area contributed by atoms with E-state index in [-0.39, 0.29) is 28.1 Å². The zero-order chi connectivity index (χ0) is 28.8. The van der Waals surface area contributed by atoms with Gasteiger partial charge in [-0.2, -0.15) is 32.1 Å². The molecule has 3 aromatic heterocycles. The molecule has 1 amide bonds. The van der Waals surface area contributed by atoms with Crippen LogP contribution in [-0.4, -0.2) is 36.5 Å². The van der Waals surface area contributed by atoms with E-state index in [4.69, 9.17) is 23.2 Å². The number of carbonyl (C=O) groups excluding carboxylic acids is 1. The maximum atomic E-state index is 14.5. The van der Waals surface area contributed by atoms with Crippen LogP contribution in [0.25, 0.3) is 16.9 Å². The fraction of sp³-hybridized carbons (Fsp3) is 0.120. The van der Waals surface area contributed by atoms with Crippen molar-refractivity contribution in [3.05, 3.63) is 99.7 Å². The van der Waals surface area contributed by atoms with E-state index in [1.807, 2.05) is 0 Å². The summed E-state index contributed by atoms with van der Waals surface area (Å²) >= 11 is 11.9. The maximum absolute atomic E-state index is 14.5. The first-order chi connectivity index (χ1) is 18.8. The molecule has 0 saturated heterocycles. The van der Waals surface area contributed by atoms with Crippen LogP contribution < -0.4 is 5.32 Å². The highest BCUT2D eigenvalue weighted by atomic mass is 35.5. The Morgan fingerprint density at radius 1 is 0.900 bits per heavy atom. The number of carbonyl (C=O) groups is 1. The van der Waals surface area contributed by atoms with E-state index in [9.17, 15) is 31.1 Å². The van der Waals surface area contributed by atoms with Gasteiger partial charge in [-0.15, -0.1) is 0 Å². The number of anilines is 1. The molecule has 15 heteroatoms. The zero-order valence-electron chi connectivity index (χ0n) is 19.7. The number of nitrogens with one attached hydrogen (secondary N) is 1. The lowest BCUT2D eigenvalue weighted by atomic mass is 10.1. The van der Waals surface area contributed by atoms with Crippen molar-refractivity contribution < 1.29 is 31.1 Å². The number of amides is 1. The first-order valence-electron chi connectivity index (χ1n) is 11.2. The quantitative estimate of drug-likeness (QED) is 0.214. The number of benzene rings is 2. The Morgan fingerprint density at radius 3 is 2.30 bits per heavy atom. The summed E-state index contributed by atoms with van der Waals surface area (Å²) in [6.07, 6.45) is -4.43. The molecule has 0 unspecified atom stereocenters. The van der Waals surface area contributed by atoms with Crippen molar-refractivity contribution in [1.82, 2.24) is 24.4 Å². The summed E-state index contributed by atoms with van der Waals surface area (Å²) in [7, 11) is 0. The summed E-state index contributed by atoms with van der Waals surface area (Å²) in [5, 5.41) is 11.0. The van der Waals surface area contributed by atoms with Gasteiger partial charge in [0.2, 0.25) is 0 Å². The van der Waals surface area contributed by atoms with E-state index in [0.717, 1.165) is 23.8 Å². The molecule has 0 fully saturated rings. The van der Waals surface area contributed by atoms with Gasteiger partial charge in [-0.1, -0.05) is 29.3 Å². The first-order valence-corrected chi connectivity index (χ1v) is 12.0. The standard InChI is InChI=1S/C25H14Cl2F6N6O/c26-16-6-1-13(9-17(16)27)12-38-8-7-21(37-38)35-23(40)19-11-22-34-18(14-2-4-15(28)5-3-14)10-20(39(22)36-19)24(29,30)25(31,32)33/h1-11H,12H2,(H,35,37,40). The lowest BCUT2D eigenvalue weighted by Crippen LogP contribution is -2.36. The maximum Gasteiger partial charge on any atom is 0.459 e. The normalized spacial score (nSPS) is 12.2. The number of rotatable bonds is 6. The summed E-state index contributed by atoms with van der Waals surface area (Å²) in [4.78, 5) is 16.9. The topological polar surface area (TPSA) is 77.1 Å². The Morgan fingerprint density at radius 2 is 1.62 bits per heavy atom. The number of halogens is 8. The molecule has 7 nitrogen and oxygen atoms in total. The molecule has 0 aliphatic heterocycles.